The van der Waals surface area contributed by atoms with Crippen molar-refractivity contribution < 1.29 is 8.42 Å². The number of hydrogen-bond donors (Lipinski definition) is 2. The third-order valence-corrected chi connectivity index (χ3v) is 5.72. The fourth-order valence-electron chi connectivity index (χ4n) is 1.80. The highest BCUT2D eigenvalue weighted by Crippen LogP contribution is 2.24. The zero-order chi connectivity index (χ0) is 13.2. The number of nitrogen functional groups attached to an aromatic ring is 1. The van der Waals surface area contributed by atoms with Crippen LogP contribution in [0.15, 0.2) is 23.2 Å². The molecule has 0 aromatic carbocycles. The van der Waals surface area contributed by atoms with E-state index >= 15 is 0 Å². The van der Waals surface area contributed by atoms with Crippen molar-refractivity contribution in [2.45, 2.75) is 17.1 Å². The smallest absolute Gasteiger partial charge is 0.243 e. The molecule has 1 saturated heterocycles. The number of pyridine rings is 1. The molecule has 0 radical (unpaired) electrons. The van der Waals surface area contributed by atoms with Gasteiger partial charge in [-0.2, -0.15) is 16.1 Å². The van der Waals surface area contributed by atoms with E-state index in [1.54, 1.807) is 11.8 Å². The molecule has 1 aliphatic rings. The summed E-state index contributed by atoms with van der Waals surface area (Å²) in [7, 11) is -3.44. The van der Waals surface area contributed by atoms with E-state index in [1.807, 2.05) is 6.92 Å². The van der Waals surface area contributed by atoms with Crippen molar-refractivity contribution >= 4 is 27.6 Å². The third-order valence-electron chi connectivity index (χ3n) is 2.72. The van der Waals surface area contributed by atoms with Gasteiger partial charge in [0.25, 0.3) is 0 Å². The number of thioether (sulfide) groups is 1. The normalized spacial score (nSPS) is 21.8. The number of hydrogen-bond acceptors (Lipinski definition) is 6. The van der Waals surface area contributed by atoms with Gasteiger partial charge in [-0.15, -0.1) is 0 Å². The van der Waals surface area contributed by atoms with Gasteiger partial charge in [0.1, 0.15) is 5.82 Å². The highest BCUT2D eigenvalue weighted by Gasteiger charge is 2.29. The number of anilines is 1. The zero-order valence-electron chi connectivity index (χ0n) is 10.0. The average Bonchev–Trinajstić information content (AvgIpc) is 2.39. The minimum Gasteiger partial charge on any atom is -0.308 e. The summed E-state index contributed by atoms with van der Waals surface area (Å²) in [5.41, 5.74) is 2.35. The molecule has 3 N–H and O–H groups in total. The molecule has 0 spiro atoms. The van der Waals surface area contributed by atoms with Gasteiger partial charge in [-0.25, -0.2) is 19.2 Å². The number of aromatic nitrogens is 1. The summed E-state index contributed by atoms with van der Waals surface area (Å²) in [4.78, 5) is 4.13. The molecule has 1 unspecified atom stereocenters. The van der Waals surface area contributed by atoms with E-state index in [9.17, 15) is 8.42 Å². The predicted octanol–water partition coefficient (Wildman–Crippen LogP) is 0.493. The average molecular weight is 288 g/mol. The van der Waals surface area contributed by atoms with Crippen LogP contribution in [0.25, 0.3) is 0 Å². The van der Waals surface area contributed by atoms with Crippen LogP contribution in [0.4, 0.5) is 5.82 Å². The van der Waals surface area contributed by atoms with Crippen LogP contribution < -0.4 is 11.3 Å². The topological polar surface area (TPSA) is 88.3 Å². The van der Waals surface area contributed by atoms with Gasteiger partial charge in [0.2, 0.25) is 10.0 Å². The Morgan fingerprint density at radius 1 is 1.61 bits per heavy atom. The number of rotatable bonds is 3. The van der Waals surface area contributed by atoms with Gasteiger partial charge in [-0.1, -0.05) is 6.92 Å². The van der Waals surface area contributed by atoms with E-state index in [0.717, 1.165) is 5.75 Å². The van der Waals surface area contributed by atoms with Crippen LogP contribution >= 0.6 is 11.8 Å². The Morgan fingerprint density at radius 3 is 3.06 bits per heavy atom. The van der Waals surface area contributed by atoms with Crippen molar-refractivity contribution in [1.82, 2.24) is 9.29 Å². The van der Waals surface area contributed by atoms with Crippen molar-refractivity contribution in [1.29, 1.82) is 0 Å². The molecule has 2 heterocycles. The molecule has 1 aliphatic heterocycles. The molecule has 1 aromatic heterocycles. The van der Waals surface area contributed by atoms with Crippen molar-refractivity contribution in [3.63, 3.8) is 0 Å². The van der Waals surface area contributed by atoms with Crippen LogP contribution in [0.2, 0.25) is 0 Å². The standard InChI is InChI=1S/C10H16N4O2S2/c1-8-7-14(4-5-17-8)18(15,16)9-2-3-12-10(6-9)13-11/h2-3,6,8H,4-5,7,11H2,1H3,(H,12,13). The first-order chi connectivity index (χ1) is 8.54. The van der Waals surface area contributed by atoms with Crippen molar-refractivity contribution in [3.8, 4) is 0 Å². The number of nitrogens with one attached hydrogen (secondary N) is 1. The Morgan fingerprint density at radius 2 is 2.39 bits per heavy atom. The molecular formula is C10H16N4O2S2. The number of nitrogens with zero attached hydrogens (tertiary/aromatic N) is 2. The first-order valence-electron chi connectivity index (χ1n) is 5.58. The lowest BCUT2D eigenvalue weighted by atomic mass is 10.4. The number of hydrazine groups is 1. The second kappa shape index (κ2) is 5.43. The van der Waals surface area contributed by atoms with Crippen molar-refractivity contribution in [2.75, 3.05) is 24.3 Å². The minimum absolute atomic E-state index is 0.226. The molecular weight excluding hydrogens is 272 g/mol. The molecule has 0 amide bonds. The van der Waals surface area contributed by atoms with Crippen LogP contribution in [0.3, 0.4) is 0 Å². The van der Waals surface area contributed by atoms with Crippen molar-refractivity contribution in [3.05, 3.63) is 18.3 Å². The van der Waals surface area contributed by atoms with Gasteiger partial charge in [-0.05, 0) is 6.07 Å². The fourth-order valence-corrected chi connectivity index (χ4v) is 4.57. The van der Waals surface area contributed by atoms with E-state index in [2.05, 4.69) is 10.4 Å². The van der Waals surface area contributed by atoms with Gasteiger partial charge >= 0.3 is 0 Å². The highest BCUT2D eigenvalue weighted by molar-refractivity contribution is 8.00. The molecule has 1 aromatic rings. The monoisotopic (exact) mass is 288 g/mol. The maximum Gasteiger partial charge on any atom is 0.243 e. The summed E-state index contributed by atoms with van der Waals surface area (Å²) in [5.74, 6) is 6.41. The minimum atomic E-state index is -3.44. The van der Waals surface area contributed by atoms with Crippen LogP contribution in [0.5, 0.6) is 0 Å². The van der Waals surface area contributed by atoms with Gasteiger partial charge in [-0.3, -0.25) is 0 Å². The summed E-state index contributed by atoms with van der Waals surface area (Å²) in [5, 5.41) is 0.322. The second-order valence-corrected chi connectivity index (χ2v) is 7.55. The van der Waals surface area contributed by atoms with E-state index in [4.69, 9.17) is 5.84 Å². The molecule has 100 valence electrons. The van der Waals surface area contributed by atoms with Crippen LogP contribution in [-0.4, -0.2) is 41.8 Å². The molecule has 8 heteroatoms. The third kappa shape index (κ3) is 2.77. The van der Waals surface area contributed by atoms with Crippen molar-refractivity contribution in [2.24, 2.45) is 5.84 Å². The van der Waals surface area contributed by atoms with Crippen LogP contribution in [-0.2, 0) is 10.0 Å². The Bertz CT molecular complexity index is 520. The maximum atomic E-state index is 12.4. The van der Waals surface area contributed by atoms with E-state index in [1.165, 1.54) is 22.6 Å². The zero-order valence-corrected chi connectivity index (χ0v) is 11.7. The number of sulfonamides is 1. The Kier molecular flexibility index (Phi) is 4.10. The lowest BCUT2D eigenvalue weighted by Gasteiger charge is -2.29. The highest BCUT2D eigenvalue weighted by atomic mass is 32.2. The SMILES string of the molecule is CC1CN(S(=O)(=O)c2ccnc(NN)c2)CCS1. The Hall–Kier alpha value is -0.830. The first-order valence-corrected chi connectivity index (χ1v) is 8.07. The Labute approximate surface area is 111 Å². The van der Waals surface area contributed by atoms with Crippen LogP contribution in [0, 0.1) is 0 Å². The predicted molar refractivity (Wildman–Crippen MR) is 72.7 cm³/mol. The summed E-state index contributed by atoms with van der Waals surface area (Å²) >= 11 is 1.79. The molecule has 1 fully saturated rings. The van der Waals surface area contributed by atoms with Crippen LogP contribution in [0.1, 0.15) is 6.92 Å². The van der Waals surface area contributed by atoms with Gasteiger partial charge in [0.05, 0.1) is 4.90 Å². The second-order valence-electron chi connectivity index (χ2n) is 4.07. The molecule has 18 heavy (non-hydrogen) atoms. The summed E-state index contributed by atoms with van der Waals surface area (Å²) in [6.45, 7) is 3.12. The van der Waals surface area contributed by atoms with Gasteiger partial charge in [0, 0.05) is 36.4 Å². The number of nitrogens with two attached hydrogens (primary N) is 1. The Balaban J connectivity index is 2.29. The molecule has 0 saturated carbocycles. The summed E-state index contributed by atoms with van der Waals surface area (Å²) < 4.78 is 26.4. The van der Waals surface area contributed by atoms with E-state index in [-0.39, 0.29) is 4.90 Å². The van der Waals surface area contributed by atoms with Gasteiger partial charge in [0.15, 0.2) is 0 Å². The van der Waals surface area contributed by atoms with E-state index in [0.29, 0.717) is 24.2 Å². The molecule has 0 bridgehead atoms. The van der Waals surface area contributed by atoms with Gasteiger partial charge < -0.3 is 5.43 Å². The molecule has 6 nitrogen and oxygen atoms in total. The van der Waals surface area contributed by atoms with E-state index < -0.39 is 10.0 Å². The fraction of sp³-hybridized carbons (Fsp3) is 0.500. The molecule has 0 aliphatic carbocycles. The molecule has 1 atom stereocenters. The summed E-state index contributed by atoms with van der Waals surface area (Å²) in [6, 6.07) is 2.93. The quantitative estimate of drug-likeness (QED) is 0.622. The lowest BCUT2D eigenvalue weighted by molar-refractivity contribution is 0.424. The largest absolute Gasteiger partial charge is 0.308 e. The summed E-state index contributed by atoms with van der Waals surface area (Å²) in [6.07, 6.45) is 1.43. The molecule has 2 rings (SSSR count). The first kappa shape index (κ1) is 13.6. The lowest BCUT2D eigenvalue weighted by Crippen LogP contribution is -2.40. The maximum absolute atomic E-state index is 12.4.